The number of rotatable bonds is 3. The lowest BCUT2D eigenvalue weighted by Crippen LogP contribution is -2.19. The molecular weight excluding hydrogens is 276 g/mol. The van der Waals surface area contributed by atoms with Gasteiger partial charge in [-0.3, -0.25) is 4.79 Å². The average Bonchev–Trinajstić information content (AvgIpc) is 2.51. The summed E-state index contributed by atoms with van der Waals surface area (Å²) in [6.07, 6.45) is 1.94. The molecule has 2 aromatic rings. The van der Waals surface area contributed by atoms with Crippen molar-refractivity contribution >= 4 is 11.9 Å². The molecule has 0 saturated carbocycles. The van der Waals surface area contributed by atoms with Crippen LogP contribution in [0.2, 0.25) is 0 Å². The standard InChI is InChI=1S/C19H18O3/c1-13(2)22-17-9-5-3-7-14(17)11-15-12-21-18-10-6-4-8-16(18)19(15)20/h3-11,13H,12H2,1-2H3/b15-11+. The molecule has 2 aromatic carbocycles. The van der Waals surface area contributed by atoms with Crippen LogP contribution in [0.4, 0.5) is 0 Å². The van der Waals surface area contributed by atoms with E-state index in [0.29, 0.717) is 16.9 Å². The van der Waals surface area contributed by atoms with Gasteiger partial charge in [0, 0.05) is 11.1 Å². The van der Waals surface area contributed by atoms with Crippen LogP contribution in [0.3, 0.4) is 0 Å². The smallest absolute Gasteiger partial charge is 0.196 e. The number of fused-ring (bicyclic) bond motifs is 1. The fourth-order valence-corrected chi connectivity index (χ4v) is 2.43. The Bertz CT molecular complexity index is 729. The van der Waals surface area contributed by atoms with Gasteiger partial charge in [-0.25, -0.2) is 0 Å². The maximum Gasteiger partial charge on any atom is 0.196 e. The van der Waals surface area contributed by atoms with Crippen LogP contribution >= 0.6 is 0 Å². The second kappa shape index (κ2) is 6.06. The summed E-state index contributed by atoms with van der Waals surface area (Å²) in [5.74, 6) is 1.44. The molecule has 0 unspecified atom stereocenters. The van der Waals surface area contributed by atoms with Gasteiger partial charge < -0.3 is 9.47 Å². The van der Waals surface area contributed by atoms with Crippen LogP contribution < -0.4 is 9.47 Å². The maximum absolute atomic E-state index is 12.6. The third-order valence-corrected chi connectivity index (χ3v) is 3.42. The van der Waals surface area contributed by atoms with Crippen molar-refractivity contribution in [3.63, 3.8) is 0 Å². The van der Waals surface area contributed by atoms with Gasteiger partial charge in [0.05, 0.1) is 11.7 Å². The van der Waals surface area contributed by atoms with E-state index in [9.17, 15) is 4.79 Å². The molecule has 1 heterocycles. The number of ketones is 1. The van der Waals surface area contributed by atoms with Crippen LogP contribution in [0.1, 0.15) is 29.8 Å². The third kappa shape index (κ3) is 2.89. The number of Topliss-reactive ketones (excluding diaryl/α,β-unsaturated/α-hetero) is 1. The first-order chi connectivity index (χ1) is 10.6. The Kier molecular flexibility index (Phi) is 3.96. The Morgan fingerprint density at radius 1 is 1.09 bits per heavy atom. The van der Waals surface area contributed by atoms with Gasteiger partial charge in [-0.15, -0.1) is 0 Å². The summed E-state index contributed by atoms with van der Waals surface area (Å²) in [7, 11) is 0. The molecule has 0 aliphatic carbocycles. The van der Waals surface area contributed by atoms with Crippen LogP contribution in [0.5, 0.6) is 11.5 Å². The van der Waals surface area contributed by atoms with Crippen molar-refractivity contribution in [1.29, 1.82) is 0 Å². The molecule has 0 aromatic heterocycles. The topological polar surface area (TPSA) is 35.5 Å². The van der Waals surface area contributed by atoms with Gasteiger partial charge in [0.2, 0.25) is 0 Å². The van der Waals surface area contributed by atoms with Gasteiger partial charge in [-0.1, -0.05) is 30.3 Å². The predicted molar refractivity (Wildman–Crippen MR) is 86.5 cm³/mol. The zero-order valence-corrected chi connectivity index (χ0v) is 12.7. The Morgan fingerprint density at radius 3 is 2.64 bits per heavy atom. The normalized spacial score (nSPS) is 15.6. The number of carbonyl (C=O) groups is 1. The molecule has 0 fully saturated rings. The second-order valence-electron chi connectivity index (χ2n) is 5.49. The van der Waals surface area contributed by atoms with E-state index in [0.717, 1.165) is 11.3 Å². The zero-order chi connectivity index (χ0) is 15.5. The van der Waals surface area contributed by atoms with Gasteiger partial charge >= 0.3 is 0 Å². The van der Waals surface area contributed by atoms with Crippen molar-refractivity contribution < 1.29 is 14.3 Å². The monoisotopic (exact) mass is 294 g/mol. The lowest BCUT2D eigenvalue weighted by Gasteiger charge is -2.19. The molecule has 112 valence electrons. The lowest BCUT2D eigenvalue weighted by atomic mass is 9.98. The van der Waals surface area contributed by atoms with Gasteiger partial charge in [-0.05, 0) is 38.1 Å². The summed E-state index contributed by atoms with van der Waals surface area (Å²) >= 11 is 0. The minimum atomic E-state index is 0.0150. The average molecular weight is 294 g/mol. The fraction of sp³-hybridized carbons (Fsp3) is 0.211. The van der Waals surface area contributed by atoms with Crippen molar-refractivity contribution in [3.05, 3.63) is 65.2 Å². The van der Waals surface area contributed by atoms with Crippen LogP contribution in [0.15, 0.2) is 54.1 Å². The largest absolute Gasteiger partial charge is 0.490 e. The molecule has 22 heavy (non-hydrogen) atoms. The quantitative estimate of drug-likeness (QED) is 0.798. The van der Waals surface area contributed by atoms with Crippen molar-refractivity contribution in [1.82, 2.24) is 0 Å². The first-order valence-electron chi connectivity index (χ1n) is 7.38. The Morgan fingerprint density at radius 2 is 1.82 bits per heavy atom. The van der Waals surface area contributed by atoms with E-state index in [4.69, 9.17) is 9.47 Å². The van der Waals surface area contributed by atoms with Crippen molar-refractivity contribution in [2.24, 2.45) is 0 Å². The highest BCUT2D eigenvalue weighted by molar-refractivity contribution is 6.14. The maximum atomic E-state index is 12.6. The molecule has 3 heteroatoms. The minimum Gasteiger partial charge on any atom is -0.490 e. The second-order valence-corrected chi connectivity index (χ2v) is 5.49. The molecule has 3 rings (SSSR count). The number of hydrogen-bond acceptors (Lipinski definition) is 3. The number of benzene rings is 2. The van der Waals surface area contributed by atoms with E-state index in [1.165, 1.54) is 0 Å². The molecule has 0 spiro atoms. The predicted octanol–water partition coefficient (Wildman–Crippen LogP) is 4.13. The SMILES string of the molecule is CC(C)Oc1ccccc1/C=C1\COc2ccccc2C1=O. The van der Waals surface area contributed by atoms with E-state index in [1.54, 1.807) is 6.07 Å². The molecule has 1 aliphatic rings. The molecule has 0 saturated heterocycles. The summed E-state index contributed by atoms with van der Waals surface area (Å²) in [5.41, 5.74) is 2.14. The van der Waals surface area contributed by atoms with Gasteiger partial charge in [-0.2, -0.15) is 0 Å². The minimum absolute atomic E-state index is 0.0150. The van der Waals surface area contributed by atoms with Crippen molar-refractivity contribution in [2.45, 2.75) is 20.0 Å². The van der Waals surface area contributed by atoms with Crippen LogP contribution in [0, 0.1) is 0 Å². The van der Waals surface area contributed by atoms with Gasteiger partial charge in [0.1, 0.15) is 18.1 Å². The molecule has 1 aliphatic heterocycles. The van der Waals surface area contributed by atoms with E-state index in [-0.39, 0.29) is 18.5 Å². The van der Waals surface area contributed by atoms with Crippen LogP contribution in [0.25, 0.3) is 6.08 Å². The van der Waals surface area contributed by atoms with Crippen molar-refractivity contribution in [2.75, 3.05) is 6.61 Å². The summed E-state index contributed by atoms with van der Waals surface area (Å²) in [6.45, 7) is 4.25. The third-order valence-electron chi connectivity index (χ3n) is 3.42. The summed E-state index contributed by atoms with van der Waals surface area (Å²) in [4.78, 5) is 12.6. The number of hydrogen-bond donors (Lipinski definition) is 0. The van der Waals surface area contributed by atoms with Gasteiger partial charge in [0.25, 0.3) is 0 Å². The highest BCUT2D eigenvalue weighted by atomic mass is 16.5. The molecule has 0 atom stereocenters. The summed E-state index contributed by atoms with van der Waals surface area (Å²) in [5, 5.41) is 0. The molecule has 0 N–H and O–H groups in total. The zero-order valence-electron chi connectivity index (χ0n) is 12.7. The number of para-hydroxylation sites is 2. The fourth-order valence-electron chi connectivity index (χ4n) is 2.43. The van der Waals surface area contributed by atoms with E-state index in [2.05, 4.69) is 0 Å². The highest BCUT2D eigenvalue weighted by Crippen LogP contribution is 2.29. The number of carbonyl (C=O) groups excluding carboxylic acids is 1. The van der Waals surface area contributed by atoms with Gasteiger partial charge in [0.15, 0.2) is 5.78 Å². The van der Waals surface area contributed by atoms with Crippen LogP contribution in [-0.2, 0) is 0 Å². The Labute approximate surface area is 130 Å². The highest BCUT2D eigenvalue weighted by Gasteiger charge is 2.23. The first-order valence-corrected chi connectivity index (χ1v) is 7.38. The molecule has 0 amide bonds. The van der Waals surface area contributed by atoms with E-state index < -0.39 is 0 Å². The molecular formula is C19H18O3. The number of ether oxygens (including phenoxy) is 2. The lowest BCUT2D eigenvalue weighted by molar-refractivity contribution is 0.100. The first kappa shape index (κ1) is 14.4. The Balaban J connectivity index is 1.96. The summed E-state index contributed by atoms with van der Waals surface area (Å²) < 4.78 is 11.5. The molecule has 3 nitrogen and oxygen atoms in total. The molecule has 0 bridgehead atoms. The Hall–Kier alpha value is -2.55. The summed E-state index contributed by atoms with van der Waals surface area (Å²) in [6, 6.07) is 15.0. The van der Waals surface area contributed by atoms with E-state index in [1.807, 2.05) is 62.4 Å². The van der Waals surface area contributed by atoms with Crippen molar-refractivity contribution in [3.8, 4) is 11.5 Å². The van der Waals surface area contributed by atoms with E-state index >= 15 is 0 Å². The molecule has 0 radical (unpaired) electrons. The van der Waals surface area contributed by atoms with Crippen LogP contribution in [-0.4, -0.2) is 18.5 Å².